The highest BCUT2D eigenvalue weighted by molar-refractivity contribution is 7.92. The van der Waals surface area contributed by atoms with Crippen LogP contribution in [0.25, 0.3) is 10.9 Å². The molecule has 10 heteroatoms. The number of rotatable bonds is 9. The van der Waals surface area contributed by atoms with Crippen LogP contribution in [0, 0.1) is 0 Å². The van der Waals surface area contributed by atoms with Gasteiger partial charge in [-0.25, -0.2) is 25.6 Å². The Morgan fingerprint density at radius 3 is 2.00 bits per heavy atom. The lowest BCUT2D eigenvalue weighted by molar-refractivity contribution is 0.0527. The van der Waals surface area contributed by atoms with Gasteiger partial charge in [0, 0.05) is 5.39 Å². The van der Waals surface area contributed by atoms with Crippen molar-refractivity contribution in [2.45, 2.75) is 35.3 Å². The van der Waals surface area contributed by atoms with Crippen LogP contribution in [0.5, 0.6) is 5.75 Å². The molecule has 0 aliphatic carbocycles. The first kappa shape index (κ1) is 26.4. The lowest BCUT2D eigenvalue weighted by Crippen LogP contribution is -2.24. The van der Waals surface area contributed by atoms with Gasteiger partial charge >= 0.3 is 5.97 Å². The van der Waals surface area contributed by atoms with E-state index in [1.165, 1.54) is 43.5 Å². The number of sulfone groups is 1. The molecule has 0 saturated carbocycles. The highest BCUT2D eigenvalue weighted by Crippen LogP contribution is 2.41. The molecule has 0 aliphatic rings. The second-order valence-electron chi connectivity index (χ2n) is 8.20. The van der Waals surface area contributed by atoms with Gasteiger partial charge < -0.3 is 9.47 Å². The van der Waals surface area contributed by atoms with Crippen molar-refractivity contribution in [1.29, 1.82) is 0 Å². The van der Waals surface area contributed by atoms with Crippen molar-refractivity contribution < 1.29 is 31.1 Å². The Labute approximate surface area is 216 Å². The van der Waals surface area contributed by atoms with E-state index < -0.39 is 31.1 Å². The van der Waals surface area contributed by atoms with Gasteiger partial charge in [-0.3, -0.25) is 0 Å². The van der Waals surface area contributed by atoms with E-state index in [0.717, 1.165) is 3.97 Å². The number of nitrogens with zero attached hydrogens (tertiary/aromatic N) is 1. The standard InChI is InChI=1S/C27H27NO7S2/c1-4-24(36(30,31)20-12-8-6-9-13-20)26-25(27(29)35-5-2)22-18-19(34-3)16-17-23(22)28(26)37(32,33)21-14-10-7-11-15-21/h6-18,24H,4-5H2,1-3H3. The van der Waals surface area contributed by atoms with Gasteiger partial charge in [0.2, 0.25) is 0 Å². The summed E-state index contributed by atoms with van der Waals surface area (Å²) in [7, 11) is -7.02. The van der Waals surface area contributed by atoms with E-state index >= 15 is 0 Å². The van der Waals surface area contributed by atoms with Gasteiger partial charge in [0.25, 0.3) is 10.0 Å². The van der Waals surface area contributed by atoms with Crippen LogP contribution in [-0.2, 0) is 24.6 Å². The predicted octanol–water partition coefficient (Wildman–Crippen LogP) is 4.99. The van der Waals surface area contributed by atoms with Gasteiger partial charge in [0.05, 0.1) is 40.3 Å². The molecule has 0 amide bonds. The highest BCUT2D eigenvalue weighted by Gasteiger charge is 2.39. The third-order valence-corrected chi connectivity index (χ3v) is 10.0. The van der Waals surface area contributed by atoms with E-state index in [1.807, 2.05) is 0 Å². The molecule has 37 heavy (non-hydrogen) atoms. The number of fused-ring (bicyclic) bond motifs is 1. The number of hydrogen-bond acceptors (Lipinski definition) is 7. The Morgan fingerprint density at radius 2 is 1.46 bits per heavy atom. The van der Waals surface area contributed by atoms with Gasteiger partial charge in [0.1, 0.15) is 11.0 Å². The molecule has 0 radical (unpaired) electrons. The average molecular weight is 542 g/mol. The molecule has 0 spiro atoms. The molecule has 3 aromatic carbocycles. The van der Waals surface area contributed by atoms with E-state index in [1.54, 1.807) is 56.3 Å². The topological polar surface area (TPSA) is 109 Å². The summed E-state index contributed by atoms with van der Waals surface area (Å²) in [6.07, 6.45) is 0.00139. The first-order valence-electron chi connectivity index (χ1n) is 11.7. The van der Waals surface area contributed by atoms with Gasteiger partial charge in [-0.15, -0.1) is 0 Å². The van der Waals surface area contributed by atoms with Crippen molar-refractivity contribution in [2.75, 3.05) is 13.7 Å². The molecule has 0 aliphatic heterocycles. The summed E-state index contributed by atoms with van der Waals surface area (Å²) in [6.45, 7) is 3.27. The van der Waals surface area contributed by atoms with Crippen LogP contribution in [0.2, 0.25) is 0 Å². The molecule has 0 bridgehead atoms. The molecule has 4 rings (SSSR count). The van der Waals surface area contributed by atoms with Crippen LogP contribution in [0.3, 0.4) is 0 Å². The van der Waals surface area contributed by atoms with Crippen LogP contribution in [0.1, 0.15) is 41.6 Å². The van der Waals surface area contributed by atoms with Crippen LogP contribution in [0.4, 0.5) is 0 Å². The summed E-state index contributed by atoms with van der Waals surface area (Å²) in [4.78, 5) is 13.3. The lowest BCUT2D eigenvalue weighted by Gasteiger charge is -2.21. The summed E-state index contributed by atoms with van der Waals surface area (Å²) in [5.41, 5.74) is -0.150. The maximum absolute atomic E-state index is 14.1. The summed E-state index contributed by atoms with van der Waals surface area (Å²) in [5.74, 6) is -0.447. The summed E-state index contributed by atoms with van der Waals surface area (Å²) in [6, 6.07) is 20.0. The second-order valence-corrected chi connectivity index (χ2v) is 12.1. The lowest BCUT2D eigenvalue weighted by atomic mass is 10.1. The van der Waals surface area contributed by atoms with Crippen LogP contribution in [-0.4, -0.2) is 40.5 Å². The molecule has 1 aromatic heterocycles. The van der Waals surface area contributed by atoms with E-state index in [2.05, 4.69) is 0 Å². The van der Waals surface area contributed by atoms with Crippen molar-refractivity contribution in [3.05, 3.63) is 90.1 Å². The van der Waals surface area contributed by atoms with Gasteiger partial charge in [0.15, 0.2) is 9.84 Å². The van der Waals surface area contributed by atoms with Crippen molar-refractivity contribution in [1.82, 2.24) is 3.97 Å². The van der Waals surface area contributed by atoms with Crippen LogP contribution >= 0.6 is 0 Å². The van der Waals surface area contributed by atoms with E-state index in [-0.39, 0.29) is 45.0 Å². The number of carbonyl (C=O) groups excluding carboxylic acids is 1. The first-order valence-corrected chi connectivity index (χ1v) is 14.7. The molecule has 194 valence electrons. The maximum atomic E-state index is 14.1. The Balaban J connectivity index is 2.19. The number of esters is 1. The largest absolute Gasteiger partial charge is 0.497 e. The zero-order valence-electron chi connectivity index (χ0n) is 20.6. The Bertz CT molecular complexity index is 1640. The normalized spacial score (nSPS) is 12.8. The number of hydrogen-bond donors (Lipinski definition) is 0. The minimum Gasteiger partial charge on any atom is -0.497 e. The monoisotopic (exact) mass is 541 g/mol. The molecule has 8 nitrogen and oxygen atoms in total. The molecule has 1 heterocycles. The molecule has 1 unspecified atom stereocenters. The third kappa shape index (κ3) is 4.62. The van der Waals surface area contributed by atoms with Crippen molar-refractivity contribution in [2.24, 2.45) is 0 Å². The SMILES string of the molecule is CCOC(=O)c1c(C(CC)S(=O)(=O)c2ccccc2)n(S(=O)(=O)c2ccccc2)c2ccc(OC)cc12. The molecule has 1 atom stereocenters. The number of carbonyl (C=O) groups is 1. The molecule has 4 aromatic rings. The molecule has 0 N–H and O–H groups in total. The zero-order valence-corrected chi connectivity index (χ0v) is 22.3. The summed E-state index contributed by atoms with van der Waals surface area (Å²) < 4.78 is 67.6. The van der Waals surface area contributed by atoms with E-state index in [9.17, 15) is 21.6 Å². The average Bonchev–Trinajstić information content (AvgIpc) is 3.24. The fraction of sp³-hybridized carbons (Fsp3) is 0.222. The maximum Gasteiger partial charge on any atom is 0.340 e. The Hall–Kier alpha value is -3.63. The highest BCUT2D eigenvalue weighted by atomic mass is 32.2. The fourth-order valence-electron chi connectivity index (χ4n) is 4.39. The van der Waals surface area contributed by atoms with Crippen molar-refractivity contribution >= 4 is 36.7 Å². The minimum atomic E-state index is -4.34. The minimum absolute atomic E-state index is 0.00139. The molecule has 0 fully saturated rings. The van der Waals surface area contributed by atoms with Gasteiger partial charge in [-0.1, -0.05) is 43.3 Å². The Kier molecular flexibility index (Phi) is 7.42. The molecular formula is C27H27NO7S2. The number of ether oxygens (including phenoxy) is 2. The fourth-order valence-corrected chi connectivity index (χ4v) is 7.88. The predicted molar refractivity (Wildman–Crippen MR) is 140 cm³/mol. The van der Waals surface area contributed by atoms with Crippen LogP contribution < -0.4 is 4.74 Å². The number of aromatic nitrogens is 1. The van der Waals surface area contributed by atoms with Crippen LogP contribution in [0.15, 0.2) is 88.7 Å². The van der Waals surface area contributed by atoms with Gasteiger partial charge in [-0.05, 0) is 55.8 Å². The first-order chi connectivity index (χ1) is 17.7. The Morgan fingerprint density at radius 1 is 0.865 bits per heavy atom. The number of methoxy groups -OCH3 is 1. The van der Waals surface area contributed by atoms with E-state index in [4.69, 9.17) is 9.47 Å². The second kappa shape index (κ2) is 10.4. The number of benzene rings is 3. The molecule has 0 saturated heterocycles. The summed E-state index contributed by atoms with van der Waals surface area (Å²) >= 11 is 0. The van der Waals surface area contributed by atoms with E-state index in [0.29, 0.717) is 5.75 Å². The summed E-state index contributed by atoms with van der Waals surface area (Å²) in [5, 5.41) is -1.15. The van der Waals surface area contributed by atoms with Crippen molar-refractivity contribution in [3.63, 3.8) is 0 Å². The molecular weight excluding hydrogens is 514 g/mol. The third-order valence-electron chi connectivity index (χ3n) is 6.05. The smallest absolute Gasteiger partial charge is 0.340 e. The van der Waals surface area contributed by atoms with Crippen molar-refractivity contribution in [3.8, 4) is 5.75 Å². The quantitative estimate of drug-likeness (QED) is 0.275. The van der Waals surface area contributed by atoms with Gasteiger partial charge in [-0.2, -0.15) is 0 Å². The zero-order chi connectivity index (χ0) is 26.8.